The summed E-state index contributed by atoms with van der Waals surface area (Å²) in [6.45, 7) is 5.36. The first-order valence-corrected chi connectivity index (χ1v) is 10.1. The Bertz CT molecular complexity index is 614. The Morgan fingerprint density at radius 2 is 1.88 bits per heavy atom. The average Bonchev–Trinajstić information content (AvgIpc) is 2.67. The van der Waals surface area contributed by atoms with Crippen molar-refractivity contribution in [3.63, 3.8) is 0 Å². The van der Waals surface area contributed by atoms with Gasteiger partial charge in [-0.15, -0.1) is 0 Å². The topological polar surface area (TPSA) is 52.7 Å². The van der Waals surface area contributed by atoms with Gasteiger partial charge >= 0.3 is 0 Å². The Morgan fingerprint density at radius 1 is 1.12 bits per heavy atom. The highest BCUT2D eigenvalue weighted by molar-refractivity contribution is 5.85. The predicted octanol–water partition coefficient (Wildman–Crippen LogP) is 2.51. The third kappa shape index (κ3) is 4.64. The maximum Gasteiger partial charge on any atom is 0.242 e. The minimum Gasteiger partial charge on any atom is -0.333 e. The van der Waals surface area contributed by atoms with Crippen LogP contribution >= 0.6 is 0 Å². The standard InChI is InChI=1S/C21H31N3O2/c1-2-17-8-10-18(11-9-17)19-15-22-12-14-24(19)21(26)16-23-13-6-4-3-5-7-20(23)25/h8-11,19,22H,2-7,12-16H2,1H3. The van der Waals surface area contributed by atoms with Crippen molar-refractivity contribution in [2.75, 3.05) is 32.7 Å². The summed E-state index contributed by atoms with van der Waals surface area (Å²) < 4.78 is 0. The number of benzene rings is 1. The fourth-order valence-corrected chi connectivity index (χ4v) is 3.91. The quantitative estimate of drug-likeness (QED) is 0.901. The van der Waals surface area contributed by atoms with E-state index in [2.05, 4.69) is 36.5 Å². The zero-order valence-corrected chi connectivity index (χ0v) is 15.9. The minimum absolute atomic E-state index is 0.0482. The molecule has 1 aromatic carbocycles. The molecule has 2 heterocycles. The van der Waals surface area contributed by atoms with Crippen molar-refractivity contribution in [3.05, 3.63) is 35.4 Å². The number of nitrogens with zero attached hydrogens (tertiary/aromatic N) is 2. The van der Waals surface area contributed by atoms with Crippen molar-refractivity contribution >= 4 is 11.8 Å². The van der Waals surface area contributed by atoms with Crippen molar-refractivity contribution in [2.45, 2.75) is 51.5 Å². The molecule has 0 radical (unpaired) electrons. The number of carbonyl (C=O) groups excluding carboxylic acids is 2. The van der Waals surface area contributed by atoms with E-state index >= 15 is 0 Å². The smallest absolute Gasteiger partial charge is 0.242 e. The first-order valence-electron chi connectivity index (χ1n) is 10.1. The van der Waals surface area contributed by atoms with Gasteiger partial charge in [0.25, 0.3) is 0 Å². The van der Waals surface area contributed by atoms with Crippen molar-refractivity contribution in [1.82, 2.24) is 15.1 Å². The van der Waals surface area contributed by atoms with E-state index in [4.69, 9.17) is 0 Å². The van der Waals surface area contributed by atoms with E-state index in [1.807, 2.05) is 4.90 Å². The van der Waals surface area contributed by atoms with Crippen LogP contribution in [0.5, 0.6) is 0 Å². The first-order chi connectivity index (χ1) is 12.7. The molecular formula is C21H31N3O2. The minimum atomic E-state index is 0.0482. The van der Waals surface area contributed by atoms with Crippen molar-refractivity contribution in [3.8, 4) is 0 Å². The normalized spacial score (nSPS) is 22.0. The monoisotopic (exact) mass is 357 g/mol. The molecule has 2 fully saturated rings. The van der Waals surface area contributed by atoms with Crippen molar-refractivity contribution in [1.29, 1.82) is 0 Å². The summed E-state index contributed by atoms with van der Waals surface area (Å²) >= 11 is 0. The second-order valence-corrected chi connectivity index (χ2v) is 7.38. The molecule has 2 aliphatic rings. The van der Waals surface area contributed by atoms with Crippen LogP contribution in [0, 0.1) is 0 Å². The number of amides is 2. The second kappa shape index (κ2) is 9.17. The number of hydrogen-bond acceptors (Lipinski definition) is 3. The lowest BCUT2D eigenvalue weighted by Crippen LogP contribution is -2.52. The zero-order valence-electron chi connectivity index (χ0n) is 15.9. The van der Waals surface area contributed by atoms with E-state index in [-0.39, 0.29) is 24.4 Å². The Balaban J connectivity index is 1.69. The molecule has 3 rings (SSSR count). The highest BCUT2D eigenvalue weighted by Crippen LogP contribution is 2.23. The summed E-state index contributed by atoms with van der Waals surface area (Å²) in [5.41, 5.74) is 2.48. The lowest BCUT2D eigenvalue weighted by atomic mass is 10.0. The van der Waals surface area contributed by atoms with E-state index < -0.39 is 0 Å². The zero-order chi connectivity index (χ0) is 18.4. The molecule has 2 aliphatic heterocycles. The van der Waals surface area contributed by atoms with Crippen LogP contribution in [0.15, 0.2) is 24.3 Å². The van der Waals surface area contributed by atoms with Crippen LogP contribution in [0.2, 0.25) is 0 Å². The van der Waals surface area contributed by atoms with Crippen LogP contribution in [0.3, 0.4) is 0 Å². The third-order valence-corrected chi connectivity index (χ3v) is 5.58. The average molecular weight is 357 g/mol. The number of aryl methyl sites for hydroxylation is 1. The van der Waals surface area contributed by atoms with Gasteiger partial charge in [0.15, 0.2) is 0 Å². The van der Waals surface area contributed by atoms with Gasteiger partial charge in [0.05, 0.1) is 12.6 Å². The number of rotatable bonds is 4. The molecule has 5 heteroatoms. The van der Waals surface area contributed by atoms with Gasteiger partial charge in [-0.3, -0.25) is 9.59 Å². The van der Waals surface area contributed by atoms with Gasteiger partial charge in [-0.1, -0.05) is 44.0 Å². The molecule has 0 spiro atoms. The van der Waals surface area contributed by atoms with Crippen LogP contribution in [0.4, 0.5) is 0 Å². The highest BCUT2D eigenvalue weighted by atomic mass is 16.2. The van der Waals surface area contributed by atoms with Crippen LogP contribution in [-0.2, 0) is 16.0 Å². The molecule has 0 aromatic heterocycles. The Hall–Kier alpha value is -1.88. The molecule has 0 saturated carbocycles. The fourth-order valence-electron chi connectivity index (χ4n) is 3.91. The summed E-state index contributed by atoms with van der Waals surface area (Å²) in [6, 6.07) is 8.62. The number of hydrogen-bond donors (Lipinski definition) is 1. The van der Waals surface area contributed by atoms with E-state index in [1.165, 1.54) is 11.1 Å². The SMILES string of the molecule is CCc1ccc(C2CNCCN2C(=O)CN2CCCCCCC2=O)cc1. The van der Waals surface area contributed by atoms with Gasteiger partial charge in [-0.2, -0.15) is 0 Å². The molecule has 2 saturated heterocycles. The molecule has 5 nitrogen and oxygen atoms in total. The molecule has 1 atom stereocenters. The van der Waals surface area contributed by atoms with E-state index in [1.54, 1.807) is 4.90 Å². The van der Waals surface area contributed by atoms with Gasteiger partial charge in [0, 0.05) is 32.6 Å². The number of carbonyl (C=O) groups is 2. The van der Waals surface area contributed by atoms with Crippen molar-refractivity contribution in [2.24, 2.45) is 0 Å². The van der Waals surface area contributed by atoms with Crippen LogP contribution in [0.1, 0.15) is 56.2 Å². The molecular weight excluding hydrogens is 326 g/mol. The molecule has 1 unspecified atom stereocenters. The number of piperazine rings is 1. The van der Waals surface area contributed by atoms with Gasteiger partial charge in [-0.25, -0.2) is 0 Å². The summed E-state index contributed by atoms with van der Waals surface area (Å²) in [4.78, 5) is 29.1. The third-order valence-electron chi connectivity index (χ3n) is 5.58. The molecule has 26 heavy (non-hydrogen) atoms. The van der Waals surface area contributed by atoms with Gasteiger partial charge in [-0.05, 0) is 30.4 Å². The number of likely N-dealkylation sites (tertiary alicyclic amines) is 1. The molecule has 0 aliphatic carbocycles. The van der Waals surface area contributed by atoms with Crippen LogP contribution in [-0.4, -0.2) is 54.3 Å². The Kier molecular flexibility index (Phi) is 6.67. The van der Waals surface area contributed by atoms with E-state index in [0.717, 1.165) is 45.2 Å². The van der Waals surface area contributed by atoms with Gasteiger partial charge in [0.1, 0.15) is 0 Å². The second-order valence-electron chi connectivity index (χ2n) is 7.38. The molecule has 142 valence electrons. The Morgan fingerprint density at radius 3 is 2.65 bits per heavy atom. The van der Waals surface area contributed by atoms with Crippen LogP contribution < -0.4 is 5.32 Å². The molecule has 1 aromatic rings. The molecule has 0 bridgehead atoms. The molecule has 2 amide bonds. The van der Waals surface area contributed by atoms with Gasteiger partial charge in [0.2, 0.25) is 11.8 Å². The highest BCUT2D eigenvalue weighted by Gasteiger charge is 2.29. The summed E-state index contributed by atoms with van der Waals surface area (Å²) in [6.07, 6.45) is 5.82. The fraction of sp³-hybridized carbons (Fsp3) is 0.619. The number of nitrogens with one attached hydrogen (secondary N) is 1. The lowest BCUT2D eigenvalue weighted by molar-refractivity contribution is -0.143. The first kappa shape index (κ1) is 18.9. The van der Waals surface area contributed by atoms with E-state index in [0.29, 0.717) is 19.5 Å². The maximum absolute atomic E-state index is 13.0. The van der Waals surface area contributed by atoms with Crippen molar-refractivity contribution < 1.29 is 9.59 Å². The molecule has 1 N–H and O–H groups in total. The van der Waals surface area contributed by atoms with E-state index in [9.17, 15) is 9.59 Å². The predicted molar refractivity (Wildman–Crippen MR) is 103 cm³/mol. The summed E-state index contributed by atoms with van der Waals surface area (Å²) in [5, 5.41) is 3.40. The summed E-state index contributed by atoms with van der Waals surface area (Å²) in [7, 11) is 0. The Labute approximate surface area is 156 Å². The van der Waals surface area contributed by atoms with Crippen LogP contribution in [0.25, 0.3) is 0 Å². The lowest BCUT2D eigenvalue weighted by Gasteiger charge is -2.38. The summed E-state index contributed by atoms with van der Waals surface area (Å²) in [5.74, 6) is 0.210. The largest absolute Gasteiger partial charge is 0.333 e. The van der Waals surface area contributed by atoms with Gasteiger partial charge < -0.3 is 15.1 Å². The maximum atomic E-state index is 13.0.